The highest BCUT2D eigenvalue weighted by Crippen LogP contribution is 2.06. The molecule has 1 unspecified atom stereocenters. The average molecular weight is 211 g/mol. The van der Waals surface area contributed by atoms with Gasteiger partial charge in [-0.25, -0.2) is 4.79 Å². The number of carbonyl (C=O) groups is 1. The van der Waals surface area contributed by atoms with Crippen molar-refractivity contribution >= 4 is 29.2 Å². The van der Waals surface area contributed by atoms with Crippen LogP contribution in [0, 0.1) is 0 Å². The molecule has 0 aromatic carbocycles. The maximum atomic E-state index is 10.5. The number of rotatable bonds is 6. The monoisotopic (exact) mass is 210 g/mol. The number of ether oxygens (including phenoxy) is 1. The van der Waals surface area contributed by atoms with Gasteiger partial charge in [0.1, 0.15) is 0 Å². The molecule has 0 spiro atoms. The molecule has 0 saturated heterocycles. The maximum Gasteiger partial charge on any atom is 0.330 e. The van der Waals surface area contributed by atoms with Gasteiger partial charge < -0.3 is 4.74 Å². The molecule has 70 valence electrons. The summed E-state index contributed by atoms with van der Waals surface area (Å²) in [5.41, 5.74) is 0. The first-order chi connectivity index (χ1) is 5.70. The minimum atomic E-state index is -0.396. The Labute approximate surface area is 82.5 Å². The SMILES string of the molecule is C=CC(=O)OCCCC(Cl)CCl. The number of hydrogen-bond donors (Lipinski definition) is 0. The Morgan fingerprint density at radius 2 is 2.33 bits per heavy atom. The van der Waals surface area contributed by atoms with Crippen molar-refractivity contribution in [2.45, 2.75) is 18.2 Å². The Balaban J connectivity index is 3.21. The zero-order chi connectivity index (χ0) is 9.40. The van der Waals surface area contributed by atoms with Gasteiger partial charge in [-0.3, -0.25) is 0 Å². The van der Waals surface area contributed by atoms with Crippen LogP contribution >= 0.6 is 23.2 Å². The van der Waals surface area contributed by atoms with Crippen LogP contribution in [0.15, 0.2) is 12.7 Å². The molecule has 0 bridgehead atoms. The molecule has 0 aliphatic heterocycles. The van der Waals surface area contributed by atoms with E-state index < -0.39 is 5.97 Å². The molecule has 0 aliphatic rings. The third-order valence-electron chi connectivity index (χ3n) is 1.24. The Bertz CT molecular complexity index is 148. The number of hydrogen-bond acceptors (Lipinski definition) is 2. The standard InChI is InChI=1S/C8H12Cl2O2/c1-2-8(11)12-5-3-4-7(10)6-9/h2,7H,1,3-6H2. The van der Waals surface area contributed by atoms with Crippen LogP contribution in [0.4, 0.5) is 0 Å². The summed E-state index contributed by atoms with van der Waals surface area (Å²) >= 11 is 11.2. The Morgan fingerprint density at radius 1 is 1.67 bits per heavy atom. The van der Waals surface area contributed by atoms with Crippen LogP contribution in [0.3, 0.4) is 0 Å². The first-order valence-corrected chi connectivity index (χ1v) is 4.67. The quantitative estimate of drug-likeness (QED) is 0.291. The van der Waals surface area contributed by atoms with Crippen LogP contribution in [-0.2, 0) is 9.53 Å². The number of carbonyl (C=O) groups excluding carboxylic acids is 1. The molecule has 0 N–H and O–H groups in total. The van der Waals surface area contributed by atoms with Crippen LogP contribution in [-0.4, -0.2) is 23.8 Å². The second-order valence-electron chi connectivity index (χ2n) is 2.27. The summed E-state index contributed by atoms with van der Waals surface area (Å²) in [5.74, 6) is 0.0312. The predicted molar refractivity (Wildman–Crippen MR) is 50.8 cm³/mol. The highest BCUT2D eigenvalue weighted by atomic mass is 35.5. The number of esters is 1. The summed E-state index contributed by atoms with van der Waals surface area (Å²) in [7, 11) is 0. The van der Waals surface area contributed by atoms with Crippen LogP contribution < -0.4 is 0 Å². The van der Waals surface area contributed by atoms with E-state index in [0.29, 0.717) is 12.5 Å². The van der Waals surface area contributed by atoms with Crippen molar-refractivity contribution in [2.75, 3.05) is 12.5 Å². The average Bonchev–Trinajstić information content (AvgIpc) is 2.11. The zero-order valence-corrected chi connectivity index (χ0v) is 8.27. The van der Waals surface area contributed by atoms with Crippen molar-refractivity contribution in [2.24, 2.45) is 0 Å². The van der Waals surface area contributed by atoms with Gasteiger partial charge in [-0.05, 0) is 12.8 Å². The van der Waals surface area contributed by atoms with E-state index in [4.69, 9.17) is 27.9 Å². The summed E-state index contributed by atoms with van der Waals surface area (Å²) in [5, 5.41) is -0.0332. The van der Waals surface area contributed by atoms with Gasteiger partial charge in [0.15, 0.2) is 0 Å². The maximum absolute atomic E-state index is 10.5. The summed E-state index contributed by atoms with van der Waals surface area (Å²) in [6, 6.07) is 0. The minimum Gasteiger partial charge on any atom is -0.463 e. The van der Waals surface area contributed by atoms with E-state index in [1.54, 1.807) is 0 Å². The Kier molecular flexibility index (Phi) is 7.31. The molecule has 0 fully saturated rings. The second-order valence-corrected chi connectivity index (χ2v) is 3.19. The van der Waals surface area contributed by atoms with Gasteiger partial charge in [-0.1, -0.05) is 6.58 Å². The largest absolute Gasteiger partial charge is 0.463 e. The third-order valence-corrected chi connectivity index (χ3v) is 2.14. The second kappa shape index (κ2) is 7.44. The molecule has 1 atom stereocenters. The molecular formula is C8H12Cl2O2. The van der Waals surface area contributed by atoms with Crippen molar-refractivity contribution in [3.63, 3.8) is 0 Å². The van der Waals surface area contributed by atoms with Gasteiger partial charge in [-0.2, -0.15) is 0 Å². The van der Waals surface area contributed by atoms with Crippen LogP contribution in [0.5, 0.6) is 0 Å². The van der Waals surface area contributed by atoms with Gasteiger partial charge in [0, 0.05) is 17.3 Å². The molecular weight excluding hydrogens is 199 g/mol. The van der Waals surface area contributed by atoms with Crippen molar-refractivity contribution in [1.82, 2.24) is 0 Å². The molecule has 0 saturated carbocycles. The normalized spacial score (nSPS) is 12.2. The van der Waals surface area contributed by atoms with E-state index in [1.165, 1.54) is 0 Å². The van der Waals surface area contributed by atoms with E-state index in [-0.39, 0.29) is 5.38 Å². The predicted octanol–water partition coefficient (Wildman–Crippen LogP) is 2.34. The van der Waals surface area contributed by atoms with Gasteiger partial charge in [0.25, 0.3) is 0 Å². The van der Waals surface area contributed by atoms with E-state index in [1.807, 2.05) is 0 Å². The summed E-state index contributed by atoms with van der Waals surface area (Å²) in [6.07, 6.45) is 2.63. The molecule has 4 heteroatoms. The zero-order valence-electron chi connectivity index (χ0n) is 6.76. The summed E-state index contributed by atoms with van der Waals surface area (Å²) in [6.45, 7) is 3.65. The van der Waals surface area contributed by atoms with E-state index >= 15 is 0 Å². The fraction of sp³-hybridized carbons (Fsp3) is 0.625. The highest BCUT2D eigenvalue weighted by Gasteiger charge is 2.02. The van der Waals surface area contributed by atoms with Crippen molar-refractivity contribution < 1.29 is 9.53 Å². The van der Waals surface area contributed by atoms with Gasteiger partial charge >= 0.3 is 5.97 Å². The lowest BCUT2D eigenvalue weighted by Gasteiger charge is -2.04. The lowest BCUT2D eigenvalue weighted by Crippen LogP contribution is -2.06. The lowest BCUT2D eigenvalue weighted by molar-refractivity contribution is -0.137. The molecule has 0 rings (SSSR count). The molecule has 12 heavy (non-hydrogen) atoms. The van der Waals surface area contributed by atoms with Crippen LogP contribution in [0.2, 0.25) is 0 Å². The van der Waals surface area contributed by atoms with Crippen LogP contribution in [0.25, 0.3) is 0 Å². The topological polar surface area (TPSA) is 26.3 Å². The van der Waals surface area contributed by atoms with Crippen molar-refractivity contribution in [1.29, 1.82) is 0 Å². The van der Waals surface area contributed by atoms with Gasteiger partial charge in [0.2, 0.25) is 0 Å². The first-order valence-electron chi connectivity index (χ1n) is 3.70. The molecule has 0 heterocycles. The lowest BCUT2D eigenvalue weighted by atomic mass is 10.2. The fourth-order valence-corrected chi connectivity index (χ4v) is 0.922. The summed E-state index contributed by atoms with van der Waals surface area (Å²) < 4.78 is 4.73. The van der Waals surface area contributed by atoms with E-state index in [2.05, 4.69) is 6.58 Å². The third kappa shape index (κ3) is 6.50. The number of alkyl halides is 2. The first kappa shape index (κ1) is 11.8. The van der Waals surface area contributed by atoms with Crippen molar-refractivity contribution in [3.8, 4) is 0 Å². The minimum absolute atomic E-state index is 0.0332. The van der Waals surface area contributed by atoms with Gasteiger partial charge in [-0.15, -0.1) is 23.2 Å². The Hall–Kier alpha value is -0.210. The fourth-order valence-electron chi connectivity index (χ4n) is 0.614. The molecule has 0 aromatic rings. The highest BCUT2D eigenvalue weighted by molar-refractivity contribution is 6.28. The Morgan fingerprint density at radius 3 is 2.83 bits per heavy atom. The van der Waals surface area contributed by atoms with E-state index in [9.17, 15) is 4.79 Å². The molecule has 2 nitrogen and oxygen atoms in total. The molecule has 0 aromatic heterocycles. The molecule has 0 amide bonds. The molecule has 0 radical (unpaired) electrons. The molecule has 0 aliphatic carbocycles. The van der Waals surface area contributed by atoms with Crippen molar-refractivity contribution in [3.05, 3.63) is 12.7 Å². The summed E-state index contributed by atoms with van der Waals surface area (Å²) in [4.78, 5) is 10.5. The van der Waals surface area contributed by atoms with Crippen LogP contribution in [0.1, 0.15) is 12.8 Å². The smallest absolute Gasteiger partial charge is 0.330 e. The van der Waals surface area contributed by atoms with Gasteiger partial charge in [0.05, 0.1) is 6.61 Å². The van der Waals surface area contributed by atoms with E-state index in [0.717, 1.165) is 18.9 Å². The number of halogens is 2.